The van der Waals surface area contributed by atoms with E-state index in [1.165, 1.54) is 0 Å². The molecule has 0 aromatic heterocycles. The summed E-state index contributed by atoms with van der Waals surface area (Å²) in [6.45, 7) is 2.43. The van der Waals surface area contributed by atoms with Gasteiger partial charge in [-0.25, -0.2) is 0 Å². The minimum Gasteiger partial charge on any atom is -0.497 e. The van der Waals surface area contributed by atoms with Gasteiger partial charge in [0.25, 0.3) is 0 Å². The molecular weight excluding hydrogens is 244 g/mol. The maximum atomic E-state index is 11.7. The van der Waals surface area contributed by atoms with Crippen molar-refractivity contribution in [3.8, 4) is 11.5 Å². The van der Waals surface area contributed by atoms with Crippen molar-refractivity contribution in [1.29, 1.82) is 0 Å². The fraction of sp³-hybridized carbons (Fsp3) is 0.500. The van der Waals surface area contributed by atoms with Crippen molar-refractivity contribution in [3.05, 3.63) is 24.3 Å². The largest absolute Gasteiger partial charge is 0.497 e. The van der Waals surface area contributed by atoms with Gasteiger partial charge in [0.05, 0.1) is 13.7 Å². The lowest BCUT2D eigenvalue weighted by atomic mass is 10.1. The van der Waals surface area contributed by atoms with Crippen LogP contribution < -0.4 is 15.2 Å². The van der Waals surface area contributed by atoms with Crippen LogP contribution in [0, 0.1) is 5.92 Å². The highest BCUT2D eigenvalue weighted by Crippen LogP contribution is 2.18. The van der Waals surface area contributed by atoms with Gasteiger partial charge < -0.3 is 20.1 Å². The zero-order valence-corrected chi connectivity index (χ0v) is 11.2. The lowest BCUT2D eigenvalue weighted by molar-refractivity contribution is -0.128. The SMILES string of the molecule is COc1ccc(OCCN2CC(CN)CC2=O)cc1. The van der Waals surface area contributed by atoms with E-state index in [1.54, 1.807) is 7.11 Å². The highest BCUT2D eigenvalue weighted by Gasteiger charge is 2.27. The molecule has 1 heterocycles. The number of likely N-dealkylation sites (tertiary alicyclic amines) is 1. The summed E-state index contributed by atoms with van der Waals surface area (Å²) in [5, 5.41) is 0. The number of ether oxygens (including phenoxy) is 2. The normalized spacial score (nSPS) is 18.7. The molecule has 2 N–H and O–H groups in total. The Hall–Kier alpha value is -1.75. The average molecular weight is 264 g/mol. The van der Waals surface area contributed by atoms with Crippen LogP contribution in [0.2, 0.25) is 0 Å². The Morgan fingerprint density at radius 2 is 2.00 bits per heavy atom. The quantitative estimate of drug-likeness (QED) is 0.828. The summed E-state index contributed by atoms with van der Waals surface area (Å²) < 4.78 is 10.7. The number of carbonyl (C=O) groups excluding carboxylic acids is 1. The molecule has 1 aromatic carbocycles. The van der Waals surface area contributed by atoms with Crippen LogP contribution in [0.15, 0.2) is 24.3 Å². The summed E-state index contributed by atoms with van der Waals surface area (Å²) in [6.07, 6.45) is 0.568. The van der Waals surface area contributed by atoms with Crippen LogP contribution in [-0.4, -0.2) is 44.2 Å². The predicted molar refractivity (Wildman–Crippen MR) is 72.2 cm³/mol. The van der Waals surface area contributed by atoms with Gasteiger partial charge in [-0.15, -0.1) is 0 Å². The number of amides is 1. The zero-order chi connectivity index (χ0) is 13.7. The van der Waals surface area contributed by atoms with Crippen molar-refractivity contribution in [2.45, 2.75) is 6.42 Å². The summed E-state index contributed by atoms with van der Waals surface area (Å²) >= 11 is 0. The average Bonchev–Trinajstić information content (AvgIpc) is 2.80. The molecule has 1 fully saturated rings. The highest BCUT2D eigenvalue weighted by molar-refractivity contribution is 5.78. The van der Waals surface area contributed by atoms with Crippen molar-refractivity contribution < 1.29 is 14.3 Å². The molecule has 104 valence electrons. The number of methoxy groups -OCH3 is 1. The monoisotopic (exact) mass is 264 g/mol. The third-order valence-corrected chi connectivity index (χ3v) is 3.32. The van der Waals surface area contributed by atoms with Crippen LogP contribution in [-0.2, 0) is 4.79 Å². The third kappa shape index (κ3) is 3.61. The van der Waals surface area contributed by atoms with Crippen molar-refractivity contribution in [3.63, 3.8) is 0 Å². The van der Waals surface area contributed by atoms with Gasteiger partial charge in [-0.1, -0.05) is 0 Å². The van der Waals surface area contributed by atoms with Gasteiger partial charge in [-0.05, 0) is 36.7 Å². The van der Waals surface area contributed by atoms with Gasteiger partial charge in [0.15, 0.2) is 0 Å². The van der Waals surface area contributed by atoms with Gasteiger partial charge in [0.2, 0.25) is 5.91 Å². The Morgan fingerprint density at radius 3 is 2.58 bits per heavy atom. The number of benzene rings is 1. The molecule has 1 aliphatic heterocycles. The lowest BCUT2D eigenvalue weighted by Crippen LogP contribution is -2.30. The molecule has 0 spiro atoms. The van der Waals surface area contributed by atoms with Crippen molar-refractivity contribution in [1.82, 2.24) is 4.90 Å². The first kappa shape index (κ1) is 13.7. The Balaban J connectivity index is 1.75. The van der Waals surface area contributed by atoms with E-state index >= 15 is 0 Å². The van der Waals surface area contributed by atoms with Crippen LogP contribution in [0.5, 0.6) is 11.5 Å². The van der Waals surface area contributed by atoms with E-state index in [4.69, 9.17) is 15.2 Å². The third-order valence-electron chi connectivity index (χ3n) is 3.32. The van der Waals surface area contributed by atoms with Crippen molar-refractivity contribution in [2.75, 3.05) is 33.4 Å². The van der Waals surface area contributed by atoms with Crippen LogP contribution in [0.3, 0.4) is 0 Å². The van der Waals surface area contributed by atoms with Gasteiger partial charge in [-0.2, -0.15) is 0 Å². The molecule has 1 atom stereocenters. The number of hydrogen-bond acceptors (Lipinski definition) is 4. The molecule has 5 nitrogen and oxygen atoms in total. The fourth-order valence-electron chi connectivity index (χ4n) is 2.17. The van der Waals surface area contributed by atoms with Gasteiger partial charge in [0, 0.05) is 13.0 Å². The van der Waals surface area contributed by atoms with E-state index in [1.807, 2.05) is 29.2 Å². The molecule has 0 radical (unpaired) electrons. The summed E-state index contributed by atoms with van der Waals surface area (Å²) in [6, 6.07) is 7.40. The molecule has 5 heteroatoms. The van der Waals surface area contributed by atoms with Crippen LogP contribution >= 0.6 is 0 Å². The second kappa shape index (κ2) is 6.43. The summed E-state index contributed by atoms with van der Waals surface area (Å²) in [5.74, 6) is 2.05. The smallest absolute Gasteiger partial charge is 0.223 e. The fourth-order valence-corrected chi connectivity index (χ4v) is 2.17. The molecule has 0 aliphatic carbocycles. The molecule has 1 amide bonds. The molecule has 1 aromatic rings. The Morgan fingerprint density at radius 1 is 1.32 bits per heavy atom. The predicted octanol–water partition coefficient (Wildman–Crippen LogP) is 0.881. The number of carbonyl (C=O) groups is 1. The lowest BCUT2D eigenvalue weighted by Gasteiger charge is -2.16. The number of hydrogen-bond donors (Lipinski definition) is 1. The van der Waals surface area contributed by atoms with E-state index in [0.29, 0.717) is 32.0 Å². The number of nitrogens with zero attached hydrogens (tertiary/aromatic N) is 1. The summed E-state index contributed by atoms with van der Waals surface area (Å²) in [5.41, 5.74) is 5.58. The van der Waals surface area contributed by atoms with Gasteiger partial charge in [0.1, 0.15) is 18.1 Å². The Labute approximate surface area is 113 Å². The van der Waals surface area contributed by atoms with Crippen LogP contribution in [0.1, 0.15) is 6.42 Å². The first-order valence-corrected chi connectivity index (χ1v) is 6.47. The van der Waals surface area contributed by atoms with E-state index in [-0.39, 0.29) is 5.91 Å². The molecule has 19 heavy (non-hydrogen) atoms. The Kier molecular flexibility index (Phi) is 4.63. The van der Waals surface area contributed by atoms with Crippen molar-refractivity contribution >= 4 is 5.91 Å². The van der Waals surface area contributed by atoms with E-state index < -0.39 is 0 Å². The van der Waals surface area contributed by atoms with E-state index in [2.05, 4.69) is 0 Å². The number of rotatable bonds is 6. The molecule has 1 unspecified atom stereocenters. The second-order valence-electron chi connectivity index (χ2n) is 4.67. The van der Waals surface area contributed by atoms with Gasteiger partial charge in [-0.3, -0.25) is 4.79 Å². The van der Waals surface area contributed by atoms with E-state index in [9.17, 15) is 4.79 Å². The van der Waals surface area contributed by atoms with Crippen molar-refractivity contribution in [2.24, 2.45) is 11.7 Å². The van der Waals surface area contributed by atoms with Crippen LogP contribution in [0.25, 0.3) is 0 Å². The van der Waals surface area contributed by atoms with E-state index in [0.717, 1.165) is 18.0 Å². The topological polar surface area (TPSA) is 64.8 Å². The second-order valence-corrected chi connectivity index (χ2v) is 4.67. The molecular formula is C14H20N2O3. The molecule has 0 saturated carbocycles. The maximum absolute atomic E-state index is 11.7. The van der Waals surface area contributed by atoms with Crippen LogP contribution in [0.4, 0.5) is 0 Å². The maximum Gasteiger partial charge on any atom is 0.223 e. The molecule has 1 aliphatic rings. The number of nitrogens with two attached hydrogens (primary N) is 1. The Bertz CT molecular complexity index is 419. The molecule has 1 saturated heterocycles. The minimum absolute atomic E-state index is 0.175. The summed E-state index contributed by atoms with van der Waals surface area (Å²) in [4.78, 5) is 13.5. The van der Waals surface area contributed by atoms with Gasteiger partial charge >= 0.3 is 0 Å². The first-order chi connectivity index (χ1) is 9.22. The zero-order valence-electron chi connectivity index (χ0n) is 11.2. The standard InChI is InChI=1S/C14H20N2O3/c1-18-12-2-4-13(5-3-12)19-7-6-16-10-11(9-15)8-14(16)17/h2-5,11H,6-10,15H2,1H3. The highest BCUT2D eigenvalue weighted by atomic mass is 16.5. The molecule has 2 rings (SSSR count). The minimum atomic E-state index is 0.175. The summed E-state index contributed by atoms with van der Waals surface area (Å²) in [7, 11) is 1.63. The first-order valence-electron chi connectivity index (χ1n) is 6.47. The molecule has 0 bridgehead atoms.